The molecular weight excluding hydrogens is 458 g/mol. The van der Waals surface area contributed by atoms with Crippen molar-refractivity contribution in [3.8, 4) is 11.4 Å². The van der Waals surface area contributed by atoms with Crippen LogP contribution >= 0.6 is 0 Å². The predicted octanol–water partition coefficient (Wildman–Crippen LogP) is 2.72. The van der Waals surface area contributed by atoms with Gasteiger partial charge in [-0.2, -0.15) is 0 Å². The molecule has 11 heteroatoms. The maximum absolute atomic E-state index is 14.2. The molecule has 2 aromatic heterocycles. The van der Waals surface area contributed by atoms with Gasteiger partial charge in [0.1, 0.15) is 17.2 Å². The minimum absolute atomic E-state index is 0.0691. The summed E-state index contributed by atoms with van der Waals surface area (Å²) in [6.07, 6.45) is 5.72. The molecule has 4 unspecified atom stereocenters. The molecule has 35 heavy (non-hydrogen) atoms. The highest BCUT2D eigenvalue weighted by Crippen LogP contribution is 2.45. The third-order valence-electron chi connectivity index (χ3n) is 6.71. The number of nitrogen functional groups attached to an aromatic ring is 1. The number of fused-ring (bicyclic) bond motifs is 1. The first-order valence-corrected chi connectivity index (χ1v) is 11.2. The van der Waals surface area contributed by atoms with Crippen LogP contribution in [0.4, 0.5) is 20.2 Å². The van der Waals surface area contributed by atoms with Gasteiger partial charge in [0, 0.05) is 17.8 Å². The van der Waals surface area contributed by atoms with E-state index in [-0.39, 0.29) is 17.2 Å². The Labute approximate surface area is 199 Å². The van der Waals surface area contributed by atoms with Crippen molar-refractivity contribution in [3.63, 3.8) is 0 Å². The topological polar surface area (TPSA) is 149 Å². The molecule has 6 N–H and O–H groups in total. The molecule has 0 spiro atoms. The van der Waals surface area contributed by atoms with E-state index in [1.54, 1.807) is 12.3 Å². The Bertz CT molecular complexity index is 1270. The maximum Gasteiger partial charge on any atom is 0.276 e. The zero-order valence-corrected chi connectivity index (χ0v) is 18.6. The molecular formula is C24H24F2N6O3. The number of rotatable bonds is 4. The fraction of sp³-hybridized carbons (Fsp3) is 0.333. The van der Waals surface area contributed by atoms with E-state index in [0.29, 0.717) is 30.5 Å². The first kappa shape index (κ1) is 23.2. The molecule has 1 saturated heterocycles. The van der Waals surface area contributed by atoms with Gasteiger partial charge in [-0.3, -0.25) is 9.78 Å². The number of aromatic nitrogens is 3. The fourth-order valence-corrected chi connectivity index (χ4v) is 4.86. The van der Waals surface area contributed by atoms with Crippen LogP contribution in [0.25, 0.3) is 11.4 Å². The Morgan fingerprint density at radius 3 is 2.77 bits per heavy atom. The molecule has 3 aromatic rings. The van der Waals surface area contributed by atoms with Gasteiger partial charge in [0.05, 0.1) is 41.5 Å². The first-order chi connectivity index (χ1) is 16.8. The van der Waals surface area contributed by atoms with Gasteiger partial charge in [-0.05, 0) is 43.9 Å². The average molecular weight is 482 g/mol. The second-order valence-electron chi connectivity index (χ2n) is 8.85. The van der Waals surface area contributed by atoms with Gasteiger partial charge >= 0.3 is 0 Å². The number of hydrogen-bond donors (Lipinski definition) is 4. The van der Waals surface area contributed by atoms with E-state index < -0.39 is 47.0 Å². The summed E-state index contributed by atoms with van der Waals surface area (Å²) in [4.78, 5) is 25.1. The molecule has 1 saturated carbocycles. The third-order valence-corrected chi connectivity index (χ3v) is 6.71. The van der Waals surface area contributed by atoms with Crippen LogP contribution in [-0.2, 0) is 4.74 Å². The Morgan fingerprint density at radius 1 is 1.23 bits per heavy atom. The molecule has 3 heterocycles. The molecule has 1 aromatic carbocycles. The van der Waals surface area contributed by atoms with Crippen molar-refractivity contribution < 1.29 is 23.4 Å². The van der Waals surface area contributed by atoms with Crippen molar-refractivity contribution in [3.05, 3.63) is 65.7 Å². The highest BCUT2D eigenvalue weighted by molar-refractivity contribution is 6.06. The summed E-state index contributed by atoms with van der Waals surface area (Å²) in [5.74, 6) is -2.76. The summed E-state index contributed by atoms with van der Waals surface area (Å²) in [6.45, 7) is 0. The van der Waals surface area contributed by atoms with Crippen molar-refractivity contribution in [2.24, 2.45) is 5.73 Å². The van der Waals surface area contributed by atoms with Gasteiger partial charge in [-0.1, -0.05) is 6.07 Å². The second kappa shape index (κ2) is 8.91. The molecule has 182 valence electrons. The van der Waals surface area contributed by atoms with Crippen LogP contribution in [0.15, 0.2) is 42.9 Å². The van der Waals surface area contributed by atoms with E-state index in [4.69, 9.17) is 16.2 Å². The summed E-state index contributed by atoms with van der Waals surface area (Å²) < 4.78 is 34.6. The molecule has 5 rings (SSSR count). The van der Waals surface area contributed by atoms with Crippen LogP contribution in [-0.4, -0.2) is 43.7 Å². The lowest BCUT2D eigenvalue weighted by molar-refractivity contribution is -0.171. The first-order valence-electron chi connectivity index (χ1n) is 11.2. The van der Waals surface area contributed by atoms with Gasteiger partial charge in [0.15, 0.2) is 11.5 Å². The summed E-state index contributed by atoms with van der Waals surface area (Å²) >= 11 is 0. The number of nitrogens with two attached hydrogens (primary N) is 2. The molecule has 1 aliphatic heterocycles. The summed E-state index contributed by atoms with van der Waals surface area (Å²) in [7, 11) is 0. The monoisotopic (exact) mass is 482 g/mol. The Morgan fingerprint density at radius 2 is 2.00 bits per heavy atom. The quantitative estimate of drug-likeness (QED) is 0.443. The molecule has 2 fully saturated rings. The smallest absolute Gasteiger partial charge is 0.276 e. The lowest BCUT2D eigenvalue weighted by atomic mass is 9.83. The van der Waals surface area contributed by atoms with Crippen LogP contribution in [0.2, 0.25) is 0 Å². The number of nitrogens with one attached hydrogen (secondary N) is 1. The lowest BCUT2D eigenvalue weighted by Gasteiger charge is -2.43. The molecule has 4 atom stereocenters. The molecule has 0 bridgehead atoms. The highest BCUT2D eigenvalue weighted by Gasteiger charge is 2.51. The van der Waals surface area contributed by atoms with E-state index in [9.17, 15) is 18.7 Å². The van der Waals surface area contributed by atoms with Crippen LogP contribution in [0.3, 0.4) is 0 Å². The number of aliphatic hydroxyl groups is 1. The normalized spacial score (nSPS) is 25.8. The Kier molecular flexibility index (Phi) is 5.91. The van der Waals surface area contributed by atoms with Gasteiger partial charge in [-0.15, -0.1) is 0 Å². The number of carbonyl (C=O) groups is 1. The molecule has 0 radical (unpaired) electrons. The van der Waals surface area contributed by atoms with Crippen LogP contribution in [0.1, 0.15) is 47.8 Å². The number of halogens is 2. The zero-order valence-electron chi connectivity index (χ0n) is 18.6. The highest BCUT2D eigenvalue weighted by atomic mass is 19.1. The lowest BCUT2D eigenvalue weighted by Crippen LogP contribution is -2.58. The second-order valence-corrected chi connectivity index (χ2v) is 8.85. The number of amides is 1. The number of ether oxygens (including phenoxy) is 1. The van der Waals surface area contributed by atoms with E-state index >= 15 is 0 Å². The average Bonchev–Trinajstić information content (AvgIpc) is 3.22. The predicted molar refractivity (Wildman–Crippen MR) is 123 cm³/mol. The van der Waals surface area contributed by atoms with Crippen LogP contribution in [0.5, 0.6) is 0 Å². The number of anilines is 2. The van der Waals surface area contributed by atoms with Gasteiger partial charge in [0.2, 0.25) is 0 Å². The third kappa shape index (κ3) is 4.11. The van der Waals surface area contributed by atoms with E-state index in [1.807, 2.05) is 0 Å². The fourth-order valence-electron chi connectivity index (χ4n) is 4.86. The summed E-state index contributed by atoms with van der Waals surface area (Å²) in [5.41, 5.74) is 11.4. The van der Waals surface area contributed by atoms with E-state index in [1.165, 1.54) is 12.3 Å². The maximum atomic E-state index is 14.2. The zero-order chi connectivity index (χ0) is 24.7. The van der Waals surface area contributed by atoms with Gasteiger partial charge in [-0.25, -0.2) is 18.7 Å². The van der Waals surface area contributed by atoms with E-state index in [2.05, 4.69) is 20.3 Å². The molecule has 1 aliphatic carbocycles. The Balaban J connectivity index is 1.43. The minimum Gasteiger partial charge on any atom is -0.396 e. The summed E-state index contributed by atoms with van der Waals surface area (Å²) in [6, 6.07) is 4.58. The number of pyridine rings is 1. The molecule has 2 aliphatic rings. The summed E-state index contributed by atoms with van der Waals surface area (Å²) in [5, 5.41) is 13.6. The van der Waals surface area contributed by atoms with Crippen LogP contribution in [0, 0.1) is 11.6 Å². The van der Waals surface area contributed by atoms with E-state index in [0.717, 1.165) is 24.8 Å². The standard InChI is InChI=1S/C24H24F2N6O3/c25-13-3-1-4-14(26)20(13)22-30-10-15(27)21(32-22)23(33)31-16-11-29-8-6-12(16)17-9-18(28)24(34)7-2-5-19(24)35-17/h1,3-4,6,8,10-11,17-19,34H,2,5,7,9,27-28H2,(H,31,33). The SMILES string of the molecule is Nc1cnc(-c2c(F)cccc2F)nc1C(=O)Nc1cnccc1C1CC(N)C2(O)CCCC2O1. The van der Waals surface area contributed by atoms with Crippen molar-refractivity contribution in [2.45, 2.75) is 49.5 Å². The van der Waals surface area contributed by atoms with Crippen LogP contribution < -0.4 is 16.8 Å². The van der Waals surface area contributed by atoms with Gasteiger partial charge in [0.25, 0.3) is 5.91 Å². The molecule has 1 amide bonds. The number of carbonyl (C=O) groups excluding carboxylic acids is 1. The van der Waals surface area contributed by atoms with Crippen molar-refractivity contribution in [1.29, 1.82) is 0 Å². The van der Waals surface area contributed by atoms with Crippen molar-refractivity contribution >= 4 is 17.3 Å². The van der Waals surface area contributed by atoms with Crippen molar-refractivity contribution in [1.82, 2.24) is 15.0 Å². The van der Waals surface area contributed by atoms with Crippen molar-refractivity contribution in [2.75, 3.05) is 11.1 Å². The minimum atomic E-state index is -1.05. The number of hydrogen-bond acceptors (Lipinski definition) is 8. The van der Waals surface area contributed by atoms with Gasteiger partial charge < -0.3 is 26.6 Å². The number of benzene rings is 1. The Hall–Kier alpha value is -3.54. The largest absolute Gasteiger partial charge is 0.396 e. The molecule has 9 nitrogen and oxygen atoms in total. The number of nitrogens with zero attached hydrogens (tertiary/aromatic N) is 3.